The molecule has 1 aromatic carbocycles. The number of nitrogens with zero attached hydrogens (tertiary/aromatic N) is 2. The predicted molar refractivity (Wildman–Crippen MR) is 72.1 cm³/mol. The normalized spacial score (nSPS) is 14.6. The summed E-state index contributed by atoms with van der Waals surface area (Å²) in [5.41, 5.74) is 3.02. The highest BCUT2D eigenvalue weighted by Crippen LogP contribution is 2.31. The van der Waals surface area contributed by atoms with Gasteiger partial charge in [0, 0.05) is 18.3 Å². The minimum atomic E-state index is -0.885. The lowest BCUT2D eigenvalue weighted by Crippen LogP contribution is -2.00. The van der Waals surface area contributed by atoms with E-state index in [1.165, 1.54) is 12.8 Å². The molecule has 1 heterocycles. The lowest BCUT2D eigenvalue weighted by atomic mass is 10.0. The van der Waals surface area contributed by atoms with Crippen molar-refractivity contribution in [2.75, 3.05) is 0 Å². The molecule has 1 aliphatic rings. The molecule has 0 aliphatic heterocycles. The molecule has 3 rings (SSSR count). The van der Waals surface area contributed by atoms with Crippen LogP contribution in [0.2, 0.25) is 0 Å². The van der Waals surface area contributed by atoms with E-state index >= 15 is 0 Å². The molecule has 1 aliphatic carbocycles. The smallest absolute Gasteiger partial charge is 0.335 e. The Bertz CT molecular complexity index is 627. The van der Waals surface area contributed by atoms with Gasteiger partial charge in [-0.15, -0.1) is 0 Å². The van der Waals surface area contributed by atoms with Crippen molar-refractivity contribution >= 4 is 5.97 Å². The fourth-order valence-corrected chi connectivity index (χ4v) is 2.21. The van der Waals surface area contributed by atoms with Gasteiger partial charge >= 0.3 is 5.97 Å². The second-order valence-electron chi connectivity index (χ2n) is 5.23. The maximum atomic E-state index is 11.1. The molecule has 0 atom stereocenters. The zero-order chi connectivity index (χ0) is 13.4. The fraction of sp³-hybridized carbons (Fsp3) is 0.333. The van der Waals surface area contributed by atoms with E-state index in [-0.39, 0.29) is 0 Å². The number of hydrogen-bond acceptors (Lipinski definition) is 2. The second-order valence-corrected chi connectivity index (χ2v) is 5.23. The van der Waals surface area contributed by atoms with Gasteiger partial charge in [0.25, 0.3) is 0 Å². The number of hydrogen-bond donors (Lipinski definition) is 1. The molecule has 0 amide bonds. The summed E-state index contributed by atoms with van der Waals surface area (Å²) in [6, 6.07) is 5.51. The van der Waals surface area contributed by atoms with Gasteiger partial charge in [0.05, 0.1) is 11.8 Å². The summed E-state index contributed by atoms with van der Waals surface area (Å²) in [5.74, 6) is -0.106. The van der Waals surface area contributed by atoms with Crippen LogP contribution in [0.1, 0.15) is 28.8 Å². The van der Waals surface area contributed by atoms with Crippen molar-refractivity contribution in [3.05, 3.63) is 41.7 Å². The third kappa shape index (κ3) is 2.52. The number of carboxylic acid groups (broad SMARTS) is 1. The molecule has 2 aromatic rings. The SMILES string of the molecule is Cc1ccc(-c2cnn(CC3CC3)c2)cc1C(=O)O. The Balaban J connectivity index is 1.90. The monoisotopic (exact) mass is 256 g/mol. The van der Waals surface area contributed by atoms with E-state index < -0.39 is 5.97 Å². The first-order valence-electron chi connectivity index (χ1n) is 6.50. The van der Waals surface area contributed by atoms with Crippen molar-refractivity contribution in [3.63, 3.8) is 0 Å². The molecular weight excluding hydrogens is 240 g/mol. The number of rotatable bonds is 4. The van der Waals surface area contributed by atoms with E-state index in [1.807, 2.05) is 29.9 Å². The molecule has 0 radical (unpaired) electrons. The van der Waals surface area contributed by atoms with E-state index in [1.54, 1.807) is 12.3 Å². The van der Waals surface area contributed by atoms with Crippen molar-refractivity contribution in [1.82, 2.24) is 9.78 Å². The Morgan fingerprint density at radius 2 is 2.21 bits per heavy atom. The number of aryl methyl sites for hydroxylation is 1. The van der Waals surface area contributed by atoms with Crippen LogP contribution >= 0.6 is 0 Å². The van der Waals surface area contributed by atoms with E-state index in [0.29, 0.717) is 5.56 Å². The predicted octanol–water partition coefficient (Wildman–Crippen LogP) is 2.97. The van der Waals surface area contributed by atoms with Crippen molar-refractivity contribution in [2.24, 2.45) is 5.92 Å². The Hall–Kier alpha value is -2.10. The summed E-state index contributed by atoms with van der Waals surface area (Å²) in [6.07, 6.45) is 6.39. The Labute approximate surface area is 111 Å². The Morgan fingerprint density at radius 3 is 2.89 bits per heavy atom. The van der Waals surface area contributed by atoms with Crippen LogP contribution in [0, 0.1) is 12.8 Å². The lowest BCUT2D eigenvalue weighted by Gasteiger charge is -2.03. The summed E-state index contributed by atoms with van der Waals surface area (Å²) >= 11 is 0. The van der Waals surface area contributed by atoms with Crippen LogP contribution in [-0.2, 0) is 6.54 Å². The van der Waals surface area contributed by atoms with Gasteiger partial charge in [0.2, 0.25) is 0 Å². The Morgan fingerprint density at radius 1 is 1.42 bits per heavy atom. The first-order valence-corrected chi connectivity index (χ1v) is 6.50. The van der Waals surface area contributed by atoms with Gasteiger partial charge < -0.3 is 5.11 Å². The molecule has 4 nitrogen and oxygen atoms in total. The summed E-state index contributed by atoms with van der Waals surface area (Å²) in [7, 11) is 0. The van der Waals surface area contributed by atoms with Crippen LogP contribution in [0.5, 0.6) is 0 Å². The van der Waals surface area contributed by atoms with Crippen LogP contribution in [0.4, 0.5) is 0 Å². The summed E-state index contributed by atoms with van der Waals surface area (Å²) in [6.45, 7) is 2.78. The topological polar surface area (TPSA) is 55.1 Å². The third-order valence-electron chi connectivity index (χ3n) is 3.58. The van der Waals surface area contributed by atoms with E-state index in [0.717, 1.165) is 29.2 Å². The zero-order valence-corrected chi connectivity index (χ0v) is 10.8. The lowest BCUT2D eigenvalue weighted by molar-refractivity contribution is 0.0696. The number of carboxylic acids is 1. The quantitative estimate of drug-likeness (QED) is 0.915. The van der Waals surface area contributed by atoms with Crippen LogP contribution in [0.25, 0.3) is 11.1 Å². The highest BCUT2D eigenvalue weighted by Gasteiger charge is 2.22. The molecule has 1 fully saturated rings. The number of aromatic nitrogens is 2. The average Bonchev–Trinajstić information content (AvgIpc) is 3.06. The Kier molecular flexibility index (Phi) is 2.85. The molecule has 19 heavy (non-hydrogen) atoms. The van der Waals surface area contributed by atoms with E-state index in [2.05, 4.69) is 5.10 Å². The number of aromatic carboxylic acids is 1. The van der Waals surface area contributed by atoms with Gasteiger partial charge in [-0.2, -0.15) is 5.10 Å². The van der Waals surface area contributed by atoms with Crippen molar-refractivity contribution in [2.45, 2.75) is 26.3 Å². The molecule has 1 saturated carbocycles. The number of benzene rings is 1. The van der Waals surface area contributed by atoms with Gasteiger partial charge in [-0.25, -0.2) is 4.79 Å². The summed E-state index contributed by atoms with van der Waals surface area (Å²) < 4.78 is 1.95. The zero-order valence-electron chi connectivity index (χ0n) is 10.8. The van der Waals surface area contributed by atoms with Crippen molar-refractivity contribution < 1.29 is 9.90 Å². The van der Waals surface area contributed by atoms with Crippen molar-refractivity contribution in [3.8, 4) is 11.1 Å². The highest BCUT2D eigenvalue weighted by atomic mass is 16.4. The van der Waals surface area contributed by atoms with E-state index in [4.69, 9.17) is 5.11 Å². The summed E-state index contributed by atoms with van der Waals surface area (Å²) in [4.78, 5) is 11.1. The third-order valence-corrected chi connectivity index (χ3v) is 3.58. The molecule has 1 aromatic heterocycles. The van der Waals surface area contributed by atoms with Gasteiger partial charge in [0.1, 0.15) is 0 Å². The molecule has 0 unspecified atom stereocenters. The first kappa shape index (κ1) is 12.0. The van der Waals surface area contributed by atoms with Gasteiger partial charge in [-0.1, -0.05) is 12.1 Å². The van der Waals surface area contributed by atoms with E-state index in [9.17, 15) is 4.79 Å². The largest absolute Gasteiger partial charge is 0.478 e. The summed E-state index contributed by atoms with van der Waals surface area (Å²) in [5, 5.41) is 13.5. The average molecular weight is 256 g/mol. The molecule has 0 spiro atoms. The molecule has 1 N–H and O–H groups in total. The standard InChI is InChI=1S/C15H16N2O2/c1-10-2-5-12(6-14(10)15(18)19)13-7-16-17(9-13)8-11-3-4-11/h2,5-7,9,11H,3-4,8H2,1H3,(H,18,19). The van der Waals surface area contributed by atoms with Gasteiger partial charge in [-0.05, 0) is 42.9 Å². The van der Waals surface area contributed by atoms with Crippen LogP contribution in [-0.4, -0.2) is 20.9 Å². The molecule has 0 saturated heterocycles. The highest BCUT2D eigenvalue weighted by molar-refractivity contribution is 5.91. The second kappa shape index (κ2) is 4.53. The van der Waals surface area contributed by atoms with Crippen LogP contribution in [0.3, 0.4) is 0 Å². The minimum absolute atomic E-state index is 0.354. The molecular formula is C15H16N2O2. The molecule has 4 heteroatoms. The van der Waals surface area contributed by atoms with Gasteiger partial charge in [-0.3, -0.25) is 4.68 Å². The molecule has 98 valence electrons. The van der Waals surface area contributed by atoms with Crippen molar-refractivity contribution in [1.29, 1.82) is 0 Å². The fourth-order valence-electron chi connectivity index (χ4n) is 2.21. The minimum Gasteiger partial charge on any atom is -0.478 e. The van der Waals surface area contributed by atoms with Crippen LogP contribution in [0.15, 0.2) is 30.6 Å². The maximum absolute atomic E-state index is 11.1. The molecule has 0 bridgehead atoms. The van der Waals surface area contributed by atoms with Gasteiger partial charge in [0.15, 0.2) is 0 Å². The maximum Gasteiger partial charge on any atom is 0.335 e. The first-order chi connectivity index (χ1) is 9.13. The number of carbonyl (C=O) groups is 1. The van der Waals surface area contributed by atoms with Crippen LogP contribution < -0.4 is 0 Å².